The molecule has 3 N–H and O–H groups in total. The molecule has 0 heterocycles. The minimum Gasteiger partial charge on any atom is -0.350 e. The van der Waals surface area contributed by atoms with Gasteiger partial charge in [0.2, 0.25) is 5.91 Å². The number of rotatable bonds is 6. The number of carbonyl (C=O) groups is 1. The number of halogens is 1. The molecule has 0 radical (unpaired) electrons. The fraction of sp³-hybridized carbons (Fsp3) is 0.533. The Bertz CT molecular complexity index is 449. The Morgan fingerprint density at radius 2 is 1.95 bits per heavy atom. The number of aryl methyl sites for hydroxylation is 2. The fourth-order valence-corrected chi connectivity index (χ4v) is 2.50. The number of carbonyl (C=O) groups excluding carboxylic acids is 1. The summed E-state index contributed by atoms with van der Waals surface area (Å²) >= 11 is 1.71. The second kappa shape index (κ2) is 8.55. The van der Waals surface area contributed by atoms with Crippen molar-refractivity contribution in [3.05, 3.63) is 29.3 Å². The number of benzene rings is 1. The van der Waals surface area contributed by atoms with Crippen LogP contribution in [0, 0.1) is 13.8 Å². The Kier molecular flexibility index (Phi) is 8.25. The number of hydrogen-bond acceptors (Lipinski definition) is 3. The van der Waals surface area contributed by atoms with E-state index in [1.165, 1.54) is 16.0 Å². The third kappa shape index (κ3) is 6.64. The van der Waals surface area contributed by atoms with Gasteiger partial charge in [-0.1, -0.05) is 6.07 Å². The van der Waals surface area contributed by atoms with Crippen molar-refractivity contribution in [1.82, 2.24) is 5.32 Å². The van der Waals surface area contributed by atoms with E-state index >= 15 is 0 Å². The molecule has 1 rings (SSSR count). The zero-order chi connectivity index (χ0) is 14.5. The Morgan fingerprint density at radius 1 is 1.30 bits per heavy atom. The average molecular weight is 317 g/mol. The smallest absolute Gasteiger partial charge is 0.221 e. The summed E-state index contributed by atoms with van der Waals surface area (Å²) < 4.78 is 0. The van der Waals surface area contributed by atoms with Crippen LogP contribution >= 0.6 is 24.2 Å². The van der Waals surface area contributed by atoms with Crippen LogP contribution in [0.4, 0.5) is 0 Å². The Balaban J connectivity index is 0.00000361. The van der Waals surface area contributed by atoms with Crippen molar-refractivity contribution >= 4 is 30.1 Å². The topological polar surface area (TPSA) is 55.1 Å². The van der Waals surface area contributed by atoms with Gasteiger partial charge in [0.05, 0.1) is 0 Å². The highest BCUT2D eigenvalue weighted by atomic mass is 35.5. The first kappa shape index (κ1) is 19.3. The van der Waals surface area contributed by atoms with E-state index in [0.717, 1.165) is 5.75 Å². The molecule has 0 bridgehead atoms. The minimum absolute atomic E-state index is 0. The van der Waals surface area contributed by atoms with E-state index in [4.69, 9.17) is 5.73 Å². The molecule has 0 aromatic heterocycles. The van der Waals surface area contributed by atoms with Crippen LogP contribution in [0.1, 0.15) is 31.4 Å². The summed E-state index contributed by atoms with van der Waals surface area (Å²) in [6, 6.07) is 6.39. The van der Waals surface area contributed by atoms with Crippen LogP contribution < -0.4 is 11.1 Å². The van der Waals surface area contributed by atoms with Crippen LogP contribution in [-0.4, -0.2) is 23.7 Å². The van der Waals surface area contributed by atoms with Crippen molar-refractivity contribution in [2.75, 3.05) is 12.3 Å². The van der Waals surface area contributed by atoms with Crippen LogP contribution in [0.15, 0.2) is 23.1 Å². The summed E-state index contributed by atoms with van der Waals surface area (Å²) in [5.41, 5.74) is 7.86. The largest absolute Gasteiger partial charge is 0.350 e. The molecule has 1 amide bonds. The molecule has 0 fully saturated rings. The van der Waals surface area contributed by atoms with Crippen molar-refractivity contribution in [2.24, 2.45) is 5.73 Å². The van der Waals surface area contributed by atoms with Gasteiger partial charge >= 0.3 is 0 Å². The molecule has 0 aliphatic heterocycles. The highest BCUT2D eigenvalue weighted by molar-refractivity contribution is 7.99. The Hall–Kier alpha value is -0.710. The van der Waals surface area contributed by atoms with Crippen LogP contribution in [-0.2, 0) is 4.79 Å². The average Bonchev–Trinajstić information content (AvgIpc) is 2.33. The third-order valence-electron chi connectivity index (χ3n) is 3.06. The third-order valence-corrected chi connectivity index (χ3v) is 4.06. The highest BCUT2D eigenvalue weighted by Gasteiger charge is 2.17. The number of thioether (sulfide) groups is 1. The van der Waals surface area contributed by atoms with Crippen molar-refractivity contribution in [1.29, 1.82) is 0 Å². The summed E-state index contributed by atoms with van der Waals surface area (Å²) in [4.78, 5) is 13.0. The molecule has 20 heavy (non-hydrogen) atoms. The monoisotopic (exact) mass is 316 g/mol. The summed E-state index contributed by atoms with van der Waals surface area (Å²) in [7, 11) is 0. The molecule has 0 spiro atoms. The summed E-state index contributed by atoms with van der Waals surface area (Å²) in [6.07, 6.45) is 0.515. The van der Waals surface area contributed by atoms with E-state index < -0.39 is 0 Å². The van der Waals surface area contributed by atoms with Gasteiger partial charge in [0.1, 0.15) is 0 Å². The molecule has 0 aliphatic rings. The lowest BCUT2D eigenvalue weighted by Gasteiger charge is -2.24. The van der Waals surface area contributed by atoms with E-state index in [0.29, 0.717) is 13.0 Å². The second-order valence-corrected chi connectivity index (χ2v) is 6.65. The molecule has 114 valence electrons. The van der Waals surface area contributed by atoms with E-state index in [1.54, 1.807) is 11.8 Å². The maximum atomic E-state index is 11.7. The molecule has 0 atom stereocenters. The second-order valence-electron chi connectivity index (χ2n) is 5.48. The molecule has 1 aromatic carbocycles. The zero-order valence-corrected chi connectivity index (χ0v) is 14.3. The number of nitrogens with two attached hydrogens (primary N) is 1. The lowest BCUT2D eigenvalue weighted by atomic mass is 10.1. The molecule has 0 saturated carbocycles. The van der Waals surface area contributed by atoms with Gasteiger partial charge in [-0.05, 0) is 51.0 Å². The van der Waals surface area contributed by atoms with E-state index in [9.17, 15) is 4.79 Å². The highest BCUT2D eigenvalue weighted by Crippen LogP contribution is 2.21. The summed E-state index contributed by atoms with van der Waals surface area (Å²) in [6.45, 7) is 8.52. The lowest BCUT2D eigenvalue weighted by molar-refractivity contribution is -0.122. The lowest BCUT2D eigenvalue weighted by Crippen LogP contribution is -2.48. The molecular weight excluding hydrogens is 292 g/mol. The van der Waals surface area contributed by atoms with Crippen LogP contribution in [0.2, 0.25) is 0 Å². The van der Waals surface area contributed by atoms with Crippen molar-refractivity contribution in [3.8, 4) is 0 Å². The molecule has 1 aromatic rings. The normalized spacial score (nSPS) is 10.8. The molecular formula is C15H25ClN2OS. The van der Waals surface area contributed by atoms with Gasteiger partial charge < -0.3 is 11.1 Å². The molecule has 0 aliphatic carbocycles. The summed E-state index contributed by atoms with van der Waals surface area (Å²) in [5, 5.41) is 2.94. The number of amides is 1. The zero-order valence-electron chi connectivity index (χ0n) is 12.7. The molecule has 0 saturated heterocycles. The van der Waals surface area contributed by atoms with Gasteiger partial charge in [-0.2, -0.15) is 0 Å². The van der Waals surface area contributed by atoms with E-state index in [2.05, 4.69) is 37.4 Å². The Labute approximate surface area is 132 Å². The number of nitrogens with one attached hydrogen (secondary N) is 1. The first-order valence-corrected chi connectivity index (χ1v) is 7.54. The summed E-state index contributed by atoms with van der Waals surface area (Å²) in [5.74, 6) is 0.849. The van der Waals surface area contributed by atoms with Crippen molar-refractivity contribution in [3.63, 3.8) is 0 Å². The maximum absolute atomic E-state index is 11.7. The number of hydrogen-bond donors (Lipinski definition) is 2. The van der Waals surface area contributed by atoms with Crippen LogP contribution in [0.3, 0.4) is 0 Å². The first-order chi connectivity index (χ1) is 8.84. The van der Waals surface area contributed by atoms with E-state index in [1.807, 2.05) is 13.8 Å². The SMILES string of the molecule is Cc1ccc(SCCC(=O)NC(C)(C)CN)cc1C.Cl. The van der Waals surface area contributed by atoms with Gasteiger partial charge in [0.15, 0.2) is 0 Å². The Morgan fingerprint density at radius 3 is 2.50 bits per heavy atom. The fourth-order valence-electron chi connectivity index (χ4n) is 1.56. The van der Waals surface area contributed by atoms with Gasteiger partial charge in [-0.3, -0.25) is 4.79 Å². The molecule has 3 nitrogen and oxygen atoms in total. The van der Waals surface area contributed by atoms with Gasteiger partial charge in [-0.15, -0.1) is 24.2 Å². The van der Waals surface area contributed by atoms with Crippen LogP contribution in [0.25, 0.3) is 0 Å². The predicted octanol–water partition coefficient (Wildman–Crippen LogP) is 3.06. The predicted molar refractivity (Wildman–Crippen MR) is 89.8 cm³/mol. The minimum atomic E-state index is -0.317. The van der Waals surface area contributed by atoms with Gasteiger partial charge in [0.25, 0.3) is 0 Å². The van der Waals surface area contributed by atoms with Gasteiger partial charge in [-0.25, -0.2) is 0 Å². The van der Waals surface area contributed by atoms with Crippen molar-refractivity contribution < 1.29 is 4.79 Å². The van der Waals surface area contributed by atoms with E-state index in [-0.39, 0.29) is 23.9 Å². The van der Waals surface area contributed by atoms with Gasteiger partial charge in [0, 0.05) is 29.2 Å². The molecule has 5 heteroatoms. The maximum Gasteiger partial charge on any atom is 0.221 e. The standard InChI is InChI=1S/C15H24N2OS.ClH/c1-11-5-6-13(9-12(11)2)19-8-7-14(18)17-15(3,4)10-16;/h5-6,9H,7-8,10,16H2,1-4H3,(H,17,18);1H. The molecule has 0 unspecified atom stereocenters. The van der Waals surface area contributed by atoms with Crippen molar-refractivity contribution in [2.45, 2.75) is 44.6 Å². The quantitative estimate of drug-likeness (QED) is 0.793. The van der Waals surface area contributed by atoms with Crippen LogP contribution in [0.5, 0.6) is 0 Å². The first-order valence-electron chi connectivity index (χ1n) is 6.55.